The number of hydrogen-bond acceptors (Lipinski definition) is 4. The molecule has 0 aliphatic carbocycles. The van der Waals surface area contributed by atoms with Gasteiger partial charge in [0.25, 0.3) is 5.91 Å². The molecule has 1 atom stereocenters. The minimum Gasteiger partial charge on any atom is -0.366 e. The predicted octanol–water partition coefficient (Wildman–Crippen LogP) is 0.625. The van der Waals surface area contributed by atoms with E-state index in [9.17, 15) is 4.79 Å². The van der Waals surface area contributed by atoms with Crippen LogP contribution < -0.4 is 10.6 Å². The van der Waals surface area contributed by atoms with Gasteiger partial charge in [-0.2, -0.15) is 0 Å². The zero-order chi connectivity index (χ0) is 12.3. The first kappa shape index (κ1) is 12.0. The lowest BCUT2D eigenvalue weighted by Gasteiger charge is -2.22. The zero-order valence-electron chi connectivity index (χ0n) is 10.1. The number of morpholine rings is 1. The number of anilines is 1. The van der Waals surface area contributed by atoms with Gasteiger partial charge in [0.05, 0.1) is 6.61 Å². The van der Waals surface area contributed by atoms with E-state index in [2.05, 4.69) is 15.6 Å². The Morgan fingerprint density at radius 2 is 2.35 bits per heavy atom. The number of carbonyl (C=O) groups is 1. The van der Waals surface area contributed by atoms with Gasteiger partial charge in [0, 0.05) is 18.8 Å². The molecule has 0 saturated carbocycles. The lowest BCUT2D eigenvalue weighted by atomic mass is 10.2. The second-order valence-electron chi connectivity index (χ2n) is 4.22. The van der Waals surface area contributed by atoms with Crippen LogP contribution in [0.5, 0.6) is 0 Å². The summed E-state index contributed by atoms with van der Waals surface area (Å²) in [6.07, 6.45) is -0.425. The lowest BCUT2D eigenvalue weighted by Crippen LogP contribution is -2.45. The Morgan fingerprint density at radius 3 is 3.00 bits per heavy atom. The third-order valence-corrected chi connectivity index (χ3v) is 2.57. The quantitative estimate of drug-likeness (QED) is 0.789. The molecule has 17 heavy (non-hydrogen) atoms. The van der Waals surface area contributed by atoms with Crippen molar-refractivity contribution >= 4 is 11.7 Å². The molecule has 0 spiro atoms. The summed E-state index contributed by atoms with van der Waals surface area (Å²) in [5.41, 5.74) is 1.97. The van der Waals surface area contributed by atoms with E-state index in [1.807, 2.05) is 26.0 Å². The smallest absolute Gasteiger partial charge is 0.255 e. The van der Waals surface area contributed by atoms with E-state index < -0.39 is 6.10 Å². The van der Waals surface area contributed by atoms with E-state index in [1.165, 1.54) is 0 Å². The molecule has 0 bridgehead atoms. The number of carbonyl (C=O) groups excluding carboxylic acids is 1. The molecular weight excluding hydrogens is 218 g/mol. The van der Waals surface area contributed by atoms with Crippen LogP contribution in [0.2, 0.25) is 0 Å². The summed E-state index contributed by atoms with van der Waals surface area (Å²) in [5.74, 6) is 0.441. The summed E-state index contributed by atoms with van der Waals surface area (Å²) < 4.78 is 5.37. The highest BCUT2D eigenvalue weighted by Crippen LogP contribution is 2.10. The van der Waals surface area contributed by atoms with Crippen molar-refractivity contribution in [2.45, 2.75) is 20.0 Å². The second-order valence-corrected chi connectivity index (χ2v) is 4.22. The van der Waals surface area contributed by atoms with Crippen LogP contribution in [0.3, 0.4) is 0 Å². The maximum absolute atomic E-state index is 11.9. The average molecular weight is 235 g/mol. The number of ether oxygens (including phenoxy) is 1. The summed E-state index contributed by atoms with van der Waals surface area (Å²) >= 11 is 0. The van der Waals surface area contributed by atoms with Crippen molar-refractivity contribution < 1.29 is 9.53 Å². The van der Waals surface area contributed by atoms with Crippen molar-refractivity contribution in [3.05, 3.63) is 23.4 Å². The van der Waals surface area contributed by atoms with Crippen molar-refractivity contribution in [3.8, 4) is 0 Å². The Hall–Kier alpha value is -1.46. The molecule has 1 unspecified atom stereocenters. The number of hydrogen-bond donors (Lipinski definition) is 2. The van der Waals surface area contributed by atoms with Crippen LogP contribution in [0.25, 0.3) is 0 Å². The molecular formula is C12H17N3O2. The van der Waals surface area contributed by atoms with E-state index >= 15 is 0 Å². The number of amides is 1. The van der Waals surface area contributed by atoms with Crippen LogP contribution >= 0.6 is 0 Å². The van der Waals surface area contributed by atoms with Gasteiger partial charge in [0.2, 0.25) is 0 Å². The highest BCUT2D eigenvalue weighted by atomic mass is 16.5. The highest BCUT2D eigenvalue weighted by molar-refractivity contribution is 5.93. The first-order valence-corrected chi connectivity index (χ1v) is 5.73. The summed E-state index contributed by atoms with van der Waals surface area (Å²) in [7, 11) is 0. The van der Waals surface area contributed by atoms with Gasteiger partial charge >= 0.3 is 0 Å². The van der Waals surface area contributed by atoms with Gasteiger partial charge in [-0.15, -0.1) is 0 Å². The van der Waals surface area contributed by atoms with E-state index in [0.717, 1.165) is 17.8 Å². The van der Waals surface area contributed by atoms with Gasteiger partial charge in [-0.1, -0.05) is 0 Å². The second kappa shape index (κ2) is 5.25. The van der Waals surface area contributed by atoms with Crippen molar-refractivity contribution in [2.24, 2.45) is 0 Å². The van der Waals surface area contributed by atoms with Crippen LogP contribution in [-0.2, 0) is 9.53 Å². The van der Waals surface area contributed by atoms with Crippen molar-refractivity contribution in [2.75, 3.05) is 25.0 Å². The SMILES string of the molecule is Cc1cc(C)nc(NC(=O)C2CNCCO2)c1. The number of rotatable bonds is 2. The van der Waals surface area contributed by atoms with E-state index in [1.54, 1.807) is 0 Å². The first-order valence-electron chi connectivity index (χ1n) is 5.73. The fourth-order valence-corrected chi connectivity index (χ4v) is 1.85. The monoisotopic (exact) mass is 235 g/mol. The molecule has 1 aliphatic rings. The maximum atomic E-state index is 11.9. The molecule has 1 aromatic rings. The third kappa shape index (κ3) is 3.25. The Kier molecular flexibility index (Phi) is 3.71. The first-order chi connectivity index (χ1) is 8.15. The van der Waals surface area contributed by atoms with Crippen molar-refractivity contribution in [1.82, 2.24) is 10.3 Å². The van der Waals surface area contributed by atoms with E-state index in [4.69, 9.17) is 4.74 Å². The number of aryl methyl sites for hydroxylation is 2. The molecule has 5 heteroatoms. The summed E-state index contributed by atoms with van der Waals surface area (Å²) in [6.45, 7) is 5.80. The number of pyridine rings is 1. The molecule has 1 aliphatic heterocycles. The predicted molar refractivity (Wildman–Crippen MR) is 65.0 cm³/mol. The van der Waals surface area contributed by atoms with E-state index in [-0.39, 0.29) is 5.91 Å². The zero-order valence-corrected chi connectivity index (χ0v) is 10.1. The van der Waals surface area contributed by atoms with Gasteiger partial charge in [-0.25, -0.2) is 4.98 Å². The van der Waals surface area contributed by atoms with Crippen molar-refractivity contribution in [3.63, 3.8) is 0 Å². The van der Waals surface area contributed by atoms with Gasteiger partial charge < -0.3 is 15.4 Å². The number of nitrogens with zero attached hydrogens (tertiary/aromatic N) is 1. The van der Waals surface area contributed by atoms with Gasteiger partial charge in [0.1, 0.15) is 11.9 Å². The van der Waals surface area contributed by atoms with Gasteiger partial charge in [0.15, 0.2) is 0 Å². The summed E-state index contributed by atoms with van der Waals surface area (Å²) in [6, 6.07) is 3.81. The Balaban J connectivity index is 2.01. The highest BCUT2D eigenvalue weighted by Gasteiger charge is 2.21. The van der Waals surface area contributed by atoms with Crippen LogP contribution in [0, 0.1) is 13.8 Å². The minimum absolute atomic E-state index is 0.144. The molecule has 2 N–H and O–H groups in total. The summed E-state index contributed by atoms with van der Waals surface area (Å²) in [4.78, 5) is 16.1. The van der Waals surface area contributed by atoms with Crippen LogP contribution in [-0.4, -0.2) is 36.7 Å². The Bertz CT molecular complexity index is 394. The summed E-state index contributed by atoms with van der Waals surface area (Å²) in [5, 5.41) is 5.90. The largest absolute Gasteiger partial charge is 0.366 e. The topological polar surface area (TPSA) is 63.2 Å². The molecule has 1 saturated heterocycles. The van der Waals surface area contributed by atoms with Crippen LogP contribution in [0.1, 0.15) is 11.3 Å². The minimum atomic E-state index is -0.425. The standard InChI is InChI=1S/C12H17N3O2/c1-8-5-9(2)14-11(6-8)15-12(16)10-7-13-3-4-17-10/h5-6,10,13H,3-4,7H2,1-2H3,(H,14,15,16). The molecule has 5 nitrogen and oxygen atoms in total. The van der Waals surface area contributed by atoms with Crippen molar-refractivity contribution in [1.29, 1.82) is 0 Å². The van der Waals surface area contributed by atoms with Gasteiger partial charge in [-0.05, 0) is 31.5 Å². The van der Waals surface area contributed by atoms with Crippen LogP contribution in [0.15, 0.2) is 12.1 Å². The molecule has 92 valence electrons. The normalized spacial score (nSPS) is 20.0. The maximum Gasteiger partial charge on any atom is 0.255 e. The van der Waals surface area contributed by atoms with Gasteiger partial charge in [-0.3, -0.25) is 4.79 Å². The molecule has 2 rings (SSSR count). The fraction of sp³-hybridized carbons (Fsp3) is 0.500. The lowest BCUT2D eigenvalue weighted by molar-refractivity contribution is -0.128. The molecule has 1 aromatic heterocycles. The molecule has 1 amide bonds. The average Bonchev–Trinajstić information content (AvgIpc) is 2.28. The number of nitrogens with one attached hydrogen (secondary N) is 2. The molecule has 1 fully saturated rings. The Labute approximate surface area is 101 Å². The van der Waals surface area contributed by atoms with Crippen LogP contribution in [0.4, 0.5) is 5.82 Å². The number of aromatic nitrogens is 1. The molecule has 2 heterocycles. The van der Waals surface area contributed by atoms with E-state index in [0.29, 0.717) is 19.0 Å². The Morgan fingerprint density at radius 1 is 1.53 bits per heavy atom. The third-order valence-electron chi connectivity index (χ3n) is 2.57. The molecule has 0 aromatic carbocycles. The molecule has 0 radical (unpaired) electrons. The fourth-order valence-electron chi connectivity index (χ4n) is 1.85.